The number of halogens is 1. The van der Waals surface area contributed by atoms with Crippen LogP contribution in [0, 0.1) is 0 Å². The fraction of sp³-hybridized carbons (Fsp3) is 0.200. The van der Waals surface area contributed by atoms with Gasteiger partial charge in [-0.1, -0.05) is 35.9 Å². The fourth-order valence-electron chi connectivity index (χ4n) is 3.04. The van der Waals surface area contributed by atoms with E-state index in [0.717, 1.165) is 16.3 Å². The Morgan fingerprint density at radius 2 is 1.92 bits per heavy atom. The molecule has 5 nitrogen and oxygen atoms in total. The van der Waals surface area contributed by atoms with Gasteiger partial charge in [-0.2, -0.15) is 0 Å². The van der Waals surface area contributed by atoms with Crippen LogP contribution < -0.4 is 0 Å². The van der Waals surface area contributed by atoms with Gasteiger partial charge >= 0.3 is 5.97 Å². The lowest BCUT2D eigenvalue weighted by atomic mass is 10.00. The molecule has 0 aliphatic heterocycles. The van der Waals surface area contributed by atoms with E-state index in [1.165, 1.54) is 6.20 Å². The summed E-state index contributed by atoms with van der Waals surface area (Å²) in [6.45, 7) is 0. The summed E-state index contributed by atoms with van der Waals surface area (Å²) in [5.74, 6) is -0.996. The molecule has 2 N–H and O–H groups in total. The molecule has 0 amide bonds. The molecule has 0 spiro atoms. The number of nitrogens with zero attached hydrogens (tertiary/aromatic N) is 1. The molecule has 1 heterocycles. The van der Waals surface area contributed by atoms with Crippen molar-refractivity contribution < 1.29 is 19.8 Å². The van der Waals surface area contributed by atoms with Gasteiger partial charge in [0.1, 0.15) is 11.5 Å². The third-order valence-electron chi connectivity index (χ3n) is 4.35. The van der Waals surface area contributed by atoms with E-state index >= 15 is 0 Å². The lowest BCUT2D eigenvalue weighted by molar-refractivity contribution is -0.118. The van der Waals surface area contributed by atoms with Crippen molar-refractivity contribution in [3.05, 3.63) is 64.4 Å². The molecule has 3 rings (SSSR count). The molecule has 6 heteroatoms. The van der Waals surface area contributed by atoms with Gasteiger partial charge in [0, 0.05) is 37.7 Å². The van der Waals surface area contributed by atoms with E-state index < -0.39 is 5.97 Å². The highest BCUT2D eigenvalue weighted by Gasteiger charge is 2.15. The standard InChI is InChI=1S/C20H18ClNO4/c1-22-10-14(17(11-22)20(25)26)9-15(23)5-2-12-3-6-16-13(8-12)4-7-18(24)19(16)21/h3-4,6-8,10-11,24H,2,5,9H2,1H3,(H,25,26). The summed E-state index contributed by atoms with van der Waals surface area (Å²) in [4.78, 5) is 23.5. The van der Waals surface area contributed by atoms with E-state index in [9.17, 15) is 19.8 Å². The molecule has 0 unspecified atom stereocenters. The number of fused-ring (bicyclic) bond motifs is 1. The molecule has 0 radical (unpaired) electrons. The van der Waals surface area contributed by atoms with E-state index in [4.69, 9.17) is 11.6 Å². The first kappa shape index (κ1) is 18.0. The first-order valence-electron chi connectivity index (χ1n) is 8.15. The second kappa shape index (κ2) is 7.22. The van der Waals surface area contributed by atoms with Crippen molar-refractivity contribution in [2.75, 3.05) is 0 Å². The van der Waals surface area contributed by atoms with Crippen LogP contribution in [-0.4, -0.2) is 26.5 Å². The summed E-state index contributed by atoms with van der Waals surface area (Å²) in [6, 6.07) is 8.98. The second-order valence-corrected chi connectivity index (χ2v) is 6.72. The number of carboxylic acids is 1. The number of ketones is 1. The van der Waals surface area contributed by atoms with E-state index in [2.05, 4.69) is 0 Å². The molecule has 1 aromatic heterocycles. The maximum atomic E-state index is 12.3. The topological polar surface area (TPSA) is 79.5 Å². The fourth-order valence-corrected chi connectivity index (χ4v) is 3.28. The Morgan fingerprint density at radius 1 is 1.15 bits per heavy atom. The average Bonchev–Trinajstić information content (AvgIpc) is 2.97. The van der Waals surface area contributed by atoms with Gasteiger partial charge in [0.25, 0.3) is 0 Å². The van der Waals surface area contributed by atoms with Gasteiger partial charge in [-0.25, -0.2) is 4.79 Å². The van der Waals surface area contributed by atoms with Crippen molar-refractivity contribution in [3.63, 3.8) is 0 Å². The third kappa shape index (κ3) is 3.73. The maximum Gasteiger partial charge on any atom is 0.337 e. The molecular weight excluding hydrogens is 354 g/mol. The minimum atomic E-state index is -1.02. The van der Waals surface area contributed by atoms with Crippen LogP contribution in [-0.2, 0) is 24.7 Å². The van der Waals surface area contributed by atoms with E-state index in [0.29, 0.717) is 23.4 Å². The Kier molecular flexibility index (Phi) is 5.00. The molecule has 0 bridgehead atoms. The smallest absolute Gasteiger partial charge is 0.337 e. The van der Waals surface area contributed by atoms with Crippen molar-refractivity contribution in [2.24, 2.45) is 7.05 Å². The highest BCUT2D eigenvalue weighted by molar-refractivity contribution is 6.37. The number of aromatic hydroxyl groups is 1. The van der Waals surface area contributed by atoms with Crippen LogP contribution in [0.4, 0.5) is 0 Å². The first-order valence-corrected chi connectivity index (χ1v) is 8.53. The summed E-state index contributed by atoms with van der Waals surface area (Å²) in [6.07, 6.45) is 4.17. The first-order chi connectivity index (χ1) is 12.3. The number of benzene rings is 2. The lowest BCUT2D eigenvalue weighted by Crippen LogP contribution is -2.07. The van der Waals surface area contributed by atoms with Gasteiger partial charge in [0.2, 0.25) is 0 Å². The monoisotopic (exact) mass is 371 g/mol. The number of aromatic nitrogens is 1. The number of phenols is 1. The molecular formula is C20H18ClNO4. The van der Waals surface area contributed by atoms with Crippen molar-refractivity contribution in [3.8, 4) is 5.75 Å². The van der Waals surface area contributed by atoms with Crippen molar-refractivity contribution in [2.45, 2.75) is 19.3 Å². The van der Waals surface area contributed by atoms with Crippen LogP contribution in [0.1, 0.15) is 27.9 Å². The summed E-state index contributed by atoms with van der Waals surface area (Å²) < 4.78 is 1.65. The summed E-state index contributed by atoms with van der Waals surface area (Å²) in [5, 5.41) is 20.8. The number of carbonyl (C=O) groups is 2. The van der Waals surface area contributed by atoms with Gasteiger partial charge in [-0.15, -0.1) is 0 Å². The van der Waals surface area contributed by atoms with Crippen molar-refractivity contribution >= 4 is 34.1 Å². The van der Waals surface area contributed by atoms with Crippen LogP contribution in [0.3, 0.4) is 0 Å². The van der Waals surface area contributed by atoms with Crippen LogP contribution >= 0.6 is 11.6 Å². The van der Waals surface area contributed by atoms with Crippen LogP contribution in [0.5, 0.6) is 5.75 Å². The van der Waals surface area contributed by atoms with E-state index in [-0.39, 0.29) is 23.5 Å². The summed E-state index contributed by atoms with van der Waals surface area (Å²) in [7, 11) is 1.73. The molecule has 0 aliphatic rings. The molecule has 2 aromatic carbocycles. The summed E-state index contributed by atoms with van der Waals surface area (Å²) >= 11 is 6.08. The zero-order chi connectivity index (χ0) is 18.8. The van der Waals surface area contributed by atoms with Crippen LogP contribution in [0.25, 0.3) is 10.8 Å². The zero-order valence-electron chi connectivity index (χ0n) is 14.2. The molecule has 0 saturated heterocycles. The third-order valence-corrected chi connectivity index (χ3v) is 4.74. The Balaban J connectivity index is 1.69. The molecule has 0 saturated carbocycles. The number of hydrogen-bond donors (Lipinski definition) is 2. The van der Waals surface area contributed by atoms with Crippen molar-refractivity contribution in [1.29, 1.82) is 0 Å². The number of hydrogen-bond acceptors (Lipinski definition) is 3. The predicted octanol–water partition coefficient (Wildman–Crippen LogP) is 3.98. The average molecular weight is 372 g/mol. The van der Waals surface area contributed by atoms with Crippen molar-refractivity contribution in [1.82, 2.24) is 4.57 Å². The Bertz CT molecular complexity index is 1010. The number of carboxylic acid groups (broad SMARTS) is 1. The second-order valence-electron chi connectivity index (χ2n) is 6.34. The Hall–Kier alpha value is -2.79. The molecule has 134 valence electrons. The quantitative estimate of drug-likeness (QED) is 0.686. The number of Topliss-reactive ketones (excluding diaryl/α,β-unsaturated/α-hetero) is 1. The number of carbonyl (C=O) groups excluding carboxylic acids is 1. The van der Waals surface area contributed by atoms with Gasteiger partial charge in [-0.3, -0.25) is 4.79 Å². The minimum absolute atomic E-state index is 0.0115. The zero-order valence-corrected chi connectivity index (χ0v) is 15.0. The molecule has 0 fully saturated rings. The SMILES string of the molecule is Cn1cc(CC(=O)CCc2ccc3c(Cl)c(O)ccc3c2)c(C(=O)O)c1. The minimum Gasteiger partial charge on any atom is -0.506 e. The highest BCUT2D eigenvalue weighted by Crippen LogP contribution is 2.32. The van der Waals surface area contributed by atoms with E-state index in [1.807, 2.05) is 18.2 Å². The normalized spacial score (nSPS) is 11.0. The number of rotatable bonds is 6. The Labute approximate surface area is 155 Å². The number of phenolic OH excluding ortho intramolecular Hbond substituents is 1. The van der Waals surface area contributed by atoms with Crippen LogP contribution in [0.2, 0.25) is 5.02 Å². The van der Waals surface area contributed by atoms with Gasteiger partial charge in [-0.05, 0) is 29.0 Å². The Morgan fingerprint density at radius 3 is 2.65 bits per heavy atom. The molecule has 0 atom stereocenters. The molecule has 3 aromatic rings. The van der Waals surface area contributed by atoms with Gasteiger partial charge < -0.3 is 14.8 Å². The predicted molar refractivity (Wildman–Crippen MR) is 100 cm³/mol. The molecule has 26 heavy (non-hydrogen) atoms. The lowest BCUT2D eigenvalue weighted by Gasteiger charge is -2.06. The van der Waals surface area contributed by atoms with Crippen LogP contribution in [0.15, 0.2) is 42.7 Å². The maximum absolute atomic E-state index is 12.3. The largest absolute Gasteiger partial charge is 0.506 e. The van der Waals surface area contributed by atoms with Gasteiger partial charge in [0.15, 0.2) is 0 Å². The number of aryl methyl sites for hydroxylation is 2. The molecule has 0 aliphatic carbocycles. The number of aromatic carboxylic acids is 1. The highest BCUT2D eigenvalue weighted by atomic mass is 35.5. The summed E-state index contributed by atoms with van der Waals surface area (Å²) in [5.41, 5.74) is 1.69. The van der Waals surface area contributed by atoms with E-state index in [1.54, 1.807) is 29.9 Å². The van der Waals surface area contributed by atoms with Gasteiger partial charge in [0.05, 0.1) is 10.6 Å².